The maximum atomic E-state index is 12.9. The quantitative estimate of drug-likeness (QED) is 0.786. The number of nitrogens with zero attached hydrogens (tertiary/aromatic N) is 2. The first kappa shape index (κ1) is 16.3. The van der Waals surface area contributed by atoms with Crippen molar-refractivity contribution in [2.45, 2.75) is 44.1 Å². The highest BCUT2D eigenvalue weighted by molar-refractivity contribution is 5.65. The van der Waals surface area contributed by atoms with E-state index in [0.29, 0.717) is 11.7 Å². The third-order valence-electron chi connectivity index (χ3n) is 5.12. The molecule has 2 nitrogen and oxygen atoms in total. The van der Waals surface area contributed by atoms with E-state index in [2.05, 4.69) is 28.1 Å². The van der Waals surface area contributed by atoms with Gasteiger partial charge in [0.25, 0.3) is 0 Å². The standard InChI is InChI=1S/C20H19F3N2/c21-20(22,23)19-8-4-7-18(24-19)15-11-16-9-10-17(12-15)25(16)13-14-5-2-1-3-6-14/h1-8,11,16-17H,9-10,12-13H2. The summed E-state index contributed by atoms with van der Waals surface area (Å²) in [6.07, 6.45) is 0.618. The second-order valence-corrected chi connectivity index (χ2v) is 6.76. The Kier molecular flexibility index (Phi) is 4.12. The first-order valence-corrected chi connectivity index (χ1v) is 8.56. The van der Waals surface area contributed by atoms with E-state index in [4.69, 9.17) is 0 Å². The average molecular weight is 344 g/mol. The minimum Gasteiger partial charge on any atom is -0.289 e. The molecule has 1 saturated heterocycles. The summed E-state index contributed by atoms with van der Waals surface area (Å²) in [6.45, 7) is 0.885. The monoisotopic (exact) mass is 344 g/mol. The van der Waals surface area contributed by atoms with Crippen molar-refractivity contribution in [3.63, 3.8) is 0 Å². The van der Waals surface area contributed by atoms with E-state index < -0.39 is 11.9 Å². The summed E-state index contributed by atoms with van der Waals surface area (Å²) in [5, 5.41) is 0. The summed E-state index contributed by atoms with van der Waals surface area (Å²) in [5.74, 6) is 0. The third-order valence-corrected chi connectivity index (χ3v) is 5.12. The topological polar surface area (TPSA) is 16.1 Å². The Morgan fingerprint density at radius 2 is 1.80 bits per heavy atom. The van der Waals surface area contributed by atoms with Crippen LogP contribution in [0.5, 0.6) is 0 Å². The number of rotatable bonds is 3. The highest BCUT2D eigenvalue weighted by atomic mass is 19.4. The van der Waals surface area contributed by atoms with Gasteiger partial charge in [0.1, 0.15) is 5.69 Å². The molecule has 25 heavy (non-hydrogen) atoms. The van der Waals surface area contributed by atoms with Crippen molar-refractivity contribution < 1.29 is 13.2 Å². The Labute approximate surface area is 145 Å². The van der Waals surface area contributed by atoms with E-state index in [0.717, 1.165) is 37.4 Å². The zero-order valence-corrected chi connectivity index (χ0v) is 13.7. The van der Waals surface area contributed by atoms with E-state index in [9.17, 15) is 13.2 Å². The van der Waals surface area contributed by atoms with Gasteiger partial charge >= 0.3 is 6.18 Å². The SMILES string of the molecule is FC(F)(F)c1cccc(C2=CC3CCC(C2)N3Cc2ccccc2)n1. The third kappa shape index (κ3) is 3.33. The first-order chi connectivity index (χ1) is 12.0. The lowest BCUT2D eigenvalue weighted by molar-refractivity contribution is -0.141. The molecule has 1 fully saturated rings. The highest BCUT2D eigenvalue weighted by Crippen LogP contribution is 2.39. The Bertz CT molecular complexity index is 783. The molecule has 2 atom stereocenters. The molecule has 0 saturated carbocycles. The Morgan fingerprint density at radius 1 is 1.00 bits per heavy atom. The number of hydrogen-bond acceptors (Lipinski definition) is 2. The molecule has 2 bridgehead atoms. The van der Waals surface area contributed by atoms with Crippen LogP contribution in [0, 0.1) is 0 Å². The first-order valence-electron chi connectivity index (χ1n) is 8.56. The molecule has 0 aliphatic carbocycles. The molecule has 1 aromatic heterocycles. The van der Waals surface area contributed by atoms with Crippen LogP contribution in [0.4, 0.5) is 13.2 Å². The van der Waals surface area contributed by atoms with Crippen molar-refractivity contribution in [3.8, 4) is 0 Å². The maximum Gasteiger partial charge on any atom is 0.433 e. The van der Waals surface area contributed by atoms with E-state index in [-0.39, 0.29) is 6.04 Å². The van der Waals surface area contributed by atoms with Crippen LogP contribution in [0.25, 0.3) is 5.57 Å². The van der Waals surface area contributed by atoms with Crippen LogP contribution in [0.2, 0.25) is 0 Å². The van der Waals surface area contributed by atoms with Crippen LogP contribution in [-0.2, 0) is 12.7 Å². The number of benzene rings is 1. The van der Waals surface area contributed by atoms with Crippen LogP contribution in [0.3, 0.4) is 0 Å². The zero-order chi connectivity index (χ0) is 17.4. The smallest absolute Gasteiger partial charge is 0.289 e. The largest absolute Gasteiger partial charge is 0.433 e. The Balaban J connectivity index is 1.58. The van der Waals surface area contributed by atoms with Gasteiger partial charge in [0.15, 0.2) is 0 Å². The molecule has 0 radical (unpaired) electrons. The molecule has 0 N–H and O–H groups in total. The van der Waals surface area contributed by atoms with Gasteiger partial charge in [0.2, 0.25) is 0 Å². The van der Waals surface area contributed by atoms with Gasteiger partial charge in [-0.2, -0.15) is 13.2 Å². The molecular weight excluding hydrogens is 325 g/mol. The molecule has 4 rings (SSSR count). The van der Waals surface area contributed by atoms with E-state index in [1.807, 2.05) is 18.2 Å². The van der Waals surface area contributed by atoms with Gasteiger partial charge in [-0.3, -0.25) is 4.90 Å². The minimum absolute atomic E-state index is 0.283. The van der Waals surface area contributed by atoms with E-state index in [1.165, 1.54) is 11.6 Å². The molecule has 2 aromatic rings. The van der Waals surface area contributed by atoms with Gasteiger partial charge in [-0.1, -0.05) is 42.5 Å². The summed E-state index contributed by atoms with van der Waals surface area (Å²) in [4.78, 5) is 6.33. The summed E-state index contributed by atoms with van der Waals surface area (Å²) in [7, 11) is 0. The second kappa shape index (κ2) is 6.30. The maximum absolute atomic E-state index is 12.9. The molecule has 5 heteroatoms. The van der Waals surface area contributed by atoms with Crippen LogP contribution in [-0.4, -0.2) is 22.0 Å². The second-order valence-electron chi connectivity index (χ2n) is 6.76. The number of hydrogen-bond donors (Lipinski definition) is 0. The molecule has 0 spiro atoms. The molecule has 2 unspecified atom stereocenters. The van der Waals surface area contributed by atoms with Gasteiger partial charge < -0.3 is 0 Å². The summed E-state index contributed by atoms with van der Waals surface area (Å²) in [5.41, 5.74) is 1.87. The molecule has 130 valence electrons. The molecular formula is C20H19F3N2. The van der Waals surface area contributed by atoms with E-state index in [1.54, 1.807) is 6.07 Å². The molecule has 3 heterocycles. The normalized spacial score (nSPS) is 23.6. The lowest BCUT2D eigenvalue weighted by Gasteiger charge is -2.34. The average Bonchev–Trinajstić information content (AvgIpc) is 2.83. The lowest BCUT2D eigenvalue weighted by atomic mass is 9.97. The number of pyridine rings is 1. The highest BCUT2D eigenvalue weighted by Gasteiger charge is 2.37. The van der Waals surface area contributed by atoms with E-state index >= 15 is 0 Å². The van der Waals surface area contributed by atoms with Gasteiger partial charge in [-0.15, -0.1) is 0 Å². The van der Waals surface area contributed by atoms with Crippen molar-refractivity contribution in [2.75, 3.05) is 0 Å². The molecule has 2 aliphatic rings. The lowest BCUT2D eigenvalue weighted by Crippen LogP contribution is -2.37. The van der Waals surface area contributed by atoms with Crippen molar-refractivity contribution in [1.29, 1.82) is 0 Å². The number of aromatic nitrogens is 1. The fraction of sp³-hybridized carbons (Fsp3) is 0.350. The van der Waals surface area contributed by atoms with Gasteiger partial charge in [-0.05, 0) is 42.5 Å². The van der Waals surface area contributed by atoms with Crippen molar-refractivity contribution >= 4 is 5.57 Å². The van der Waals surface area contributed by atoms with Crippen molar-refractivity contribution in [2.24, 2.45) is 0 Å². The van der Waals surface area contributed by atoms with Gasteiger partial charge in [-0.25, -0.2) is 4.98 Å². The summed E-state index contributed by atoms with van der Waals surface area (Å²) >= 11 is 0. The zero-order valence-electron chi connectivity index (χ0n) is 13.7. The van der Waals surface area contributed by atoms with Crippen LogP contribution in [0.1, 0.15) is 36.2 Å². The Hall–Kier alpha value is -2.14. The van der Waals surface area contributed by atoms with Crippen LogP contribution in [0.15, 0.2) is 54.6 Å². The fourth-order valence-corrected chi connectivity index (χ4v) is 3.92. The summed E-state index contributed by atoms with van der Waals surface area (Å²) < 4.78 is 38.7. The number of alkyl halides is 3. The minimum atomic E-state index is -4.40. The molecule has 0 amide bonds. The molecule has 2 aliphatic heterocycles. The van der Waals surface area contributed by atoms with Gasteiger partial charge in [0.05, 0.1) is 5.69 Å². The predicted molar refractivity (Wildman–Crippen MR) is 90.6 cm³/mol. The number of fused-ring (bicyclic) bond motifs is 2. The Morgan fingerprint density at radius 3 is 2.52 bits per heavy atom. The fourth-order valence-electron chi connectivity index (χ4n) is 3.92. The van der Waals surface area contributed by atoms with Crippen LogP contribution < -0.4 is 0 Å². The van der Waals surface area contributed by atoms with Crippen molar-refractivity contribution in [1.82, 2.24) is 9.88 Å². The van der Waals surface area contributed by atoms with Gasteiger partial charge in [0, 0.05) is 18.6 Å². The van der Waals surface area contributed by atoms with Crippen molar-refractivity contribution in [3.05, 3.63) is 71.6 Å². The predicted octanol–water partition coefficient (Wildman–Crippen LogP) is 4.92. The summed E-state index contributed by atoms with van der Waals surface area (Å²) in [6, 6.07) is 15.1. The molecule has 1 aromatic carbocycles. The number of halogens is 3. The van der Waals surface area contributed by atoms with Crippen LogP contribution >= 0.6 is 0 Å².